The van der Waals surface area contributed by atoms with E-state index in [1.165, 1.54) is 0 Å². The van der Waals surface area contributed by atoms with E-state index in [9.17, 15) is 4.79 Å². The zero-order valence-corrected chi connectivity index (χ0v) is 14.5. The third kappa shape index (κ3) is 3.90. The second-order valence-electron chi connectivity index (χ2n) is 6.40. The van der Waals surface area contributed by atoms with E-state index < -0.39 is 5.54 Å². The Morgan fingerprint density at radius 1 is 1.35 bits per heavy atom. The molecule has 1 saturated heterocycles. The molecule has 0 radical (unpaired) electrons. The van der Waals surface area contributed by atoms with Crippen molar-refractivity contribution in [3.8, 4) is 11.5 Å². The number of benzene rings is 1. The smallest absolute Gasteiger partial charge is 0.242 e. The minimum Gasteiger partial charge on any atom is -0.486 e. The molecule has 0 spiro atoms. The topological polar surface area (TPSA) is 50.8 Å². The van der Waals surface area contributed by atoms with Gasteiger partial charge in [0.1, 0.15) is 6.61 Å². The molecule has 1 fully saturated rings. The van der Waals surface area contributed by atoms with Crippen molar-refractivity contribution >= 4 is 18.3 Å². The van der Waals surface area contributed by atoms with E-state index in [0.29, 0.717) is 13.2 Å². The van der Waals surface area contributed by atoms with Crippen LogP contribution in [0.2, 0.25) is 0 Å². The summed E-state index contributed by atoms with van der Waals surface area (Å²) in [5.41, 5.74) is -0.444. The minimum absolute atomic E-state index is 0. The molecule has 128 valence electrons. The van der Waals surface area contributed by atoms with Gasteiger partial charge < -0.3 is 19.7 Å². The number of nitrogens with zero attached hydrogens (tertiary/aromatic N) is 1. The molecule has 0 aliphatic carbocycles. The largest absolute Gasteiger partial charge is 0.486 e. The Morgan fingerprint density at radius 3 is 2.78 bits per heavy atom. The van der Waals surface area contributed by atoms with Gasteiger partial charge >= 0.3 is 0 Å². The molecule has 5 nitrogen and oxygen atoms in total. The van der Waals surface area contributed by atoms with Crippen molar-refractivity contribution in [3.63, 3.8) is 0 Å². The van der Waals surface area contributed by atoms with Crippen LogP contribution in [0.4, 0.5) is 0 Å². The van der Waals surface area contributed by atoms with Gasteiger partial charge in [-0.25, -0.2) is 0 Å². The van der Waals surface area contributed by atoms with Gasteiger partial charge in [-0.05, 0) is 44.9 Å². The molecule has 0 aromatic heterocycles. The average Bonchev–Trinajstić information content (AvgIpc) is 2.54. The van der Waals surface area contributed by atoms with Gasteiger partial charge in [0, 0.05) is 7.05 Å². The third-order valence-corrected chi connectivity index (χ3v) is 4.48. The first-order valence-corrected chi connectivity index (χ1v) is 7.97. The summed E-state index contributed by atoms with van der Waals surface area (Å²) in [7, 11) is 1.84. The second kappa shape index (κ2) is 7.41. The van der Waals surface area contributed by atoms with E-state index >= 15 is 0 Å². The monoisotopic (exact) mass is 340 g/mol. The molecule has 0 bridgehead atoms. The molecule has 2 heterocycles. The molecule has 1 N–H and O–H groups in total. The molecule has 1 amide bonds. The minimum atomic E-state index is -0.444. The van der Waals surface area contributed by atoms with E-state index in [1.54, 1.807) is 4.90 Å². The SMILES string of the molecule is CN(CC1COc2ccccc2O1)C(=O)C1(C)CCCCN1.Cl. The van der Waals surface area contributed by atoms with Crippen LogP contribution >= 0.6 is 12.4 Å². The molecular formula is C17H25ClN2O3. The molecular weight excluding hydrogens is 316 g/mol. The number of nitrogens with one attached hydrogen (secondary N) is 1. The summed E-state index contributed by atoms with van der Waals surface area (Å²) in [6, 6.07) is 7.64. The Bertz CT molecular complexity index is 546. The highest BCUT2D eigenvalue weighted by atomic mass is 35.5. The van der Waals surface area contributed by atoms with Crippen LogP contribution in [0.1, 0.15) is 26.2 Å². The Hall–Kier alpha value is -1.46. The lowest BCUT2D eigenvalue weighted by Gasteiger charge is -2.38. The van der Waals surface area contributed by atoms with Crippen molar-refractivity contribution in [2.45, 2.75) is 37.8 Å². The van der Waals surface area contributed by atoms with Gasteiger partial charge in [-0.15, -0.1) is 12.4 Å². The molecule has 2 aliphatic rings. The number of ether oxygens (including phenoxy) is 2. The second-order valence-corrected chi connectivity index (χ2v) is 6.40. The van der Waals surface area contributed by atoms with Crippen LogP contribution in [0.15, 0.2) is 24.3 Å². The molecule has 3 rings (SSSR count). The normalized spacial score (nSPS) is 26.1. The number of rotatable bonds is 3. The first-order chi connectivity index (χ1) is 10.6. The van der Waals surface area contributed by atoms with Gasteiger partial charge in [0.2, 0.25) is 5.91 Å². The summed E-state index contributed by atoms with van der Waals surface area (Å²) in [6.07, 6.45) is 3.00. The van der Waals surface area contributed by atoms with Crippen molar-refractivity contribution in [2.24, 2.45) is 0 Å². The lowest BCUT2D eigenvalue weighted by atomic mass is 9.89. The van der Waals surface area contributed by atoms with Crippen LogP contribution in [-0.4, -0.2) is 49.2 Å². The molecule has 1 aromatic rings. The predicted octanol–water partition coefficient (Wildman–Crippen LogP) is 2.24. The average molecular weight is 341 g/mol. The highest BCUT2D eigenvalue weighted by Crippen LogP contribution is 2.31. The third-order valence-electron chi connectivity index (χ3n) is 4.48. The number of carbonyl (C=O) groups excluding carboxylic acids is 1. The van der Waals surface area contributed by atoms with Crippen LogP contribution in [0.25, 0.3) is 0 Å². The van der Waals surface area contributed by atoms with Gasteiger partial charge in [-0.2, -0.15) is 0 Å². The maximum Gasteiger partial charge on any atom is 0.242 e. The summed E-state index contributed by atoms with van der Waals surface area (Å²) in [5.74, 6) is 1.66. The van der Waals surface area contributed by atoms with E-state index in [-0.39, 0.29) is 24.4 Å². The Morgan fingerprint density at radius 2 is 2.09 bits per heavy atom. The summed E-state index contributed by atoms with van der Waals surface area (Å²) in [5, 5.41) is 3.37. The Balaban J connectivity index is 0.00000192. The summed E-state index contributed by atoms with van der Waals surface area (Å²) < 4.78 is 11.6. The summed E-state index contributed by atoms with van der Waals surface area (Å²) in [4.78, 5) is 14.5. The lowest BCUT2D eigenvalue weighted by molar-refractivity contribution is -0.138. The molecule has 1 aromatic carbocycles. The quantitative estimate of drug-likeness (QED) is 0.916. The number of likely N-dealkylation sites (N-methyl/N-ethyl adjacent to an activating group) is 1. The number of hydrogen-bond donors (Lipinski definition) is 1. The number of para-hydroxylation sites is 2. The Labute approximate surface area is 143 Å². The van der Waals surface area contributed by atoms with Gasteiger partial charge in [0.15, 0.2) is 17.6 Å². The maximum absolute atomic E-state index is 12.7. The Kier molecular flexibility index (Phi) is 5.76. The molecule has 2 unspecified atom stereocenters. The fourth-order valence-corrected chi connectivity index (χ4v) is 3.20. The number of halogens is 1. The van der Waals surface area contributed by atoms with Crippen molar-refractivity contribution < 1.29 is 14.3 Å². The zero-order chi connectivity index (χ0) is 15.6. The molecule has 2 atom stereocenters. The van der Waals surface area contributed by atoms with E-state index in [1.807, 2.05) is 38.2 Å². The van der Waals surface area contributed by atoms with Gasteiger partial charge in [0.05, 0.1) is 12.1 Å². The van der Waals surface area contributed by atoms with Crippen molar-refractivity contribution in [2.75, 3.05) is 26.7 Å². The lowest BCUT2D eigenvalue weighted by Crippen LogP contribution is -2.58. The van der Waals surface area contributed by atoms with Gasteiger partial charge in [0.25, 0.3) is 0 Å². The van der Waals surface area contributed by atoms with Crippen molar-refractivity contribution in [1.29, 1.82) is 0 Å². The van der Waals surface area contributed by atoms with Crippen molar-refractivity contribution in [1.82, 2.24) is 10.2 Å². The van der Waals surface area contributed by atoms with Crippen LogP contribution in [0.5, 0.6) is 11.5 Å². The van der Waals surface area contributed by atoms with Crippen LogP contribution in [-0.2, 0) is 4.79 Å². The van der Waals surface area contributed by atoms with Gasteiger partial charge in [-0.3, -0.25) is 4.79 Å². The summed E-state index contributed by atoms with van der Waals surface area (Å²) >= 11 is 0. The predicted molar refractivity (Wildman–Crippen MR) is 91.5 cm³/mol. The van der Waals surface area contributed by atoms with Gasteiger partial charge in [-0.1, -0.05) is 12.1 Å². The van der Waals surface area contributed by atoms with Crippen LogP contribution in [0, 0.1) is 0 Å². The number of amides is 1. The van der Waals surface area contributed by atoms with E-state index in [0.717, 1.165) is 37.3 Å². The highest BCUT2D eigenvalue weighted by Gasteiger charge is 2.37. The van der Waals surface area contributed by atoms with Crippen LogP contribution < -0.4 is 14.8 Å². The van der Waals surface area contributed by atoms with Crippen molar-refractivity contribution in [3.05, 3.63) is 24.3 Å². The highest BCUT2D eigenvalue weighted by molar-refractivity contribution is 5.86. The number of hydrogen-bond acceptors (Lipinski definition) is 4. The van der Waals surface area contributed by atoms with E-state index in [4.69, 9.17) is 9.47 Å². The molecule has 2 aliphatic heterocycles. The zero-order valence-electron chi connectivity index (χ0n) is 13.7. The molecule has 23 heavy (non-hydrogen) atoms. The van der Waals surface area contributed by atoms with E-state index in [2.05, 4.69) is 5.32 Å². The number of carbonyl (C=O) groups is 1. The fraction of sp³-hybridized carbons (Fsp3) is 0.588. The first kappa shape index (κ1) is 17.9. The standard InChI is InChI=1S/C17H24N2O3.ClH/c1-17(9-5-6-10-18-17)16(20)19(2)11-13-12-21-14-7-3-4-8-15(14)22-13;/h3-4,7-8,13,18H,5-6,9-12H2,1-2H3;1H. The number of fused-ring (bicyclic) bond motifs is 1. The van der Waals surface area contributed by atoms with Crippen LogP contribution in [0.3, 0.4) is 0 Å². The first-order valence-electron chi connectivity index (χ1n) is 7.97. The maximum atomic E-state index is 12.7. The summed E-state index contributed by atoms with van der Waals surface area (Å²) in [6.45, 7) is 3.91. The number of piperidine rings is 1. The molecule has 6 heteroatoms. The fourth-order valence-electron chi connectivity index (χ4n) is 3.20. The molecule has 0 saturated carbocycles.